The first kappa shape index (κ1) is 25.8. The van der Waals surface area contributed by atoms with Crippen LogP contribution in [0.2, 0.25) is 5.02 Å². The Morgan fingerprint density at radius 3 is 2.56 bits per heavy atom. The van der Waals surface area contributed by atoms with Gasteiger partial charge >= 0.3 is 0 Å². The highest BCUT2D eigenvalue weighted by atomic mass is 35.5. The molecule has 1 amide bonds. The highest BCUT2D eigenvalue weighted by Crippen LogP contribution is 2.23. The number of ether oxygens (including phenoxy) is 1. The molecule has 0 bridgehead atoms. The fourth-order valence-corrected chi connectivity index (χ4v) is 3.15. The lowest BCUT2D eigenvalue weighted by molar-refractivity contribution is -0.122. The quantitative estimate of drug-likeness (QED) is 0.309. The number of carbonyl (C=O) groups excluding carboxylic acids is 1. The minimum Gasteiger partial charge on any atom is -0.443 e. The van der Waals surface area contributed by atoms with Gasteiger partial charge in [0.15, 0.2) is 0 Å². The summed E-state index contributed by atoms with van der Waals surface area (Å²) in [6.45, 7) is 4.03. The Balaban J connectivity index is 2.33. The van der Waals surface area contributed by atoms with E-state index in [1.807, 2.05) is 49.4 Å². The third kappa shape index (κ3) is 8.26. The molecule has 6 nitrogen and oxygen atoms in total. The molecule has 172 valence electrons. The van der Waals surface area contributed by atoms with Crippen LogP contribution < -0.4 is 5.32 Å². The molecule has 1 aliphatic rings. The Morgan fingerprint density at radius 2 is 1.97 bits per heavy atom. The third-order valence-electron chi connectivity index (χ3n) is 4.74. The molecule has 1 unspecified atom stereocenters. The fraction of sp³-hybridized carbons (Fsp3) is 0.375. The van der Waals surface area contributed by atoms with Crippen LogP contribution in [-0.2, 0) is 9.53 Å². The van der Waals surface area contributed by atoms with Crippen molar-refractivity contribution in [1.82, 2.24) is 5.32 Å². The number of amidine groups is 1. The van der Waals surface area contributed by atoms with Gasteiger partial charge in [0.25, 0.3) is 0 Å². The summed E-state index contributed by atoms with van der Waals surface area (Å²) in [5, 5.41) is 13.1. The van der Waals surface area contributed by atoms with Gasteiger partial charge in [-0.05, 0) is 62.6 Å². The van der Waals surface area contributed by atoms with E-state index >= 15 is 0 Å². The van der Waals surface area contributed by atoms with Gasteiger partial charge in [-0.25, -0.2) is 0 Å². The molecular weight excluding hydrogens is 449 g/mol. The maximum atomic E-state index is 12.5. The van der Waals surface area contributed by atoms with Gasteiger partial charge in [-0.2, -0.15) is 4.99 Å². The number of allylic oxidation sites excluding steroid dienone is 4. The van der Waals surface area contributed by atoms with Gasteiger partial charge in [0.05, 0.1) is 5.92 Å². The number of carbonyl (C=O) groups is 1. The summed E-state index contributed by atoms with van der Waals surface area (Å²) in [6.07, 6.45) is 7.40. The first-order valence-corrected chi connectivity index (χ1v) is 11.2. The maximum absolute atomic E-state index is 12.5. The Labute approximate surface area is 199 Å². The van der Waals surface area contributed by atoms with Crippen molar-refractivity contribution in [2.24, 2.45) is 15.9 Å². The van der Waals surface area contributed by atoms with Gasteiger partial charge in [0.1, 0.15) is 11.6 Å². The molecule has 0 aromatic heterocycles. The molecular formula is C24H29Cl2N3O3. The van der Waals surface area contributed by atoms with Crippen molar-refractivity contribution in [3.8, 4) is 0 Å². The van der Waals surface area contributed by atoms with Gasteiger partial charge in [-0.15, -0.1) is 0 Å². The van der Waals surface area contributed by atoms with E-state index < -0.39 is 5.92 Å². The topological polar surface area (TPSA) is 83.3 Å². The molecule has 2 N–H and O–H groups in total. The second-order valence-corrected chi connectivity index (χ2v) is 8.24. The van der Waals surface area contributed by atoms with Crippen molar-refractivity contribution in [3.05, 3.63) is 63.4 Å². The number of nitrogens with zero attached hydrogens (tertiary/aromatic N) is 2. The van der Waals surface area contributed by atoms with Crippen molar-refractivity contribution in [3.63, 3.8) is 0 Å². The predicted molar refractivity (Wildman–Crippen MR) is 132 cm³/mol. The van der Waals surface area contributed by atoms with E-state index in [9.17, 15) is 4.79 Å². The van der Waals surface area contributed by atoms with Crippen LogP contribution in [0.3, 0.4) is 0 Å². The summed E-state index contributed by atoms with van der Waals surface area (Å²) in [5.41, 5.74) is 1.71. The van der Waals surface area contributed by atoms with E-state index in [0.717, 1.165) is 21.9 Å². The van der Waals surface area contributed by atoms with Gasteiger partial charge in [0, 0.05) is 42.2 Å². The Kier molecular flexibility index (Phi) is 10.7. The number of benzene rings is 1. The smallest absolute Gasteiger partial charge is 0.230 e. The van der Waals surface area contributed by atoms with Crippen molar-refractivity contribution >= 4 is 46.9 Å². The summed E-state index contributed by atoms with van der Waals surface area (Å²) in [4.78, 5) is 21.3. The minimum absolute atomic E-state index is 0.0157. The Morgan fingerprint density at radius 1 is 1.25 bits per heavy atom. The van der Waals surface area contributed by atoms with Gasteiger partial charge < -0.3 is 15.2 Å². The van der Waals surface area contributed by atoms with Crippen molar-refractivity contribution in [1.29, 1.82) is 0 Å². The number of aliphatic hydroxyl groups excluding tert-OH is 1. The summed E-state index contributed by atoms with van der Waals surface area (Å²) < 4.78 is 6.13. The number of halogens is 2. The zero-order chi connectivity index (χ0) is 23.5. The van der Waals surface area contributed by atoms with E-state index in [2.05, 4.69) is 15.3 Å². The summed E-state index contributed by atoms with van der Waals surface area (Å²) in [7, 11) is 1.59. The zero-order valence-corrected chi connectivity index (χ0v) is 20.1. The molecule has 1 aromatic carbocycles. The lowest BCUT2D eigenvalue weighted by atomic mass is 10.1. The monoisotopic (exact) mass is 477 g/mol. The number of hydrogen-bond acceptors (Lipinski definition) is 4. The number of nitrogens with one attached hydrogen (secondary N) is 1. The van der Waals surface area contributed by atoms with E-state index in [0.29, 0.717) is 42.6 Å². The maximum Gasteiger partial charge on any atom is 0.230 e. The third-order valence-corrected chi connectivity index (χ3v) is 5.31. The second kappa shape index (κ2) is 13.2. The van der Waals surface area contributed by atoms with Crippen LogP contribution in [0.1, 0.15) is 38.7 Å². The van der Waals surface area contributed by atoms with Crippen LogP contribution in [0, 0.1) is 5.92 Å². The van der Waals surface area contributed by atoms with Gasteiger partial charge in [0.2, 0.25) is 11.8 Å². The molecule has 0 saturated carbocycles. The predicted octanol–water partition coefficient (Wildman–Crippen LogP) is 5.12. The molecule has 0 saturated heterocycles. The van der Waals surface area contributed by atoms with Crippen molar-refractivity contribution in [2.75, 3.05) is 20.2 Å². The lowest BCUT2D eigenvalue weighted by Crippen LogP contribution is -2.34. The molecule has 0 radical (unpaired) electrons. The molecule has 32 heavy (non-hydrogen) atoms. The zero-order valence-electron chi connectivity index (χ0n) is 18.6. The van der Waals surface area contributed by atoms with Crippen LogP contribution in [0.15, 0.2) is 62.8 Å². The fourth-order valence-electron chi connectivity index (χ4n) is 2.87. The standard InChI is InChI=1S/C24H29Cl2N3O3/c1-16(15-18-5-7-19(25)8-6-18)24(32-21-11-9-20(26)10-12-21)29-22(27-3)17(2)23(31)28-13-4-14-30/h5-9,11,15,17,30H,4,10,12-14H2,1-3H3,(H,28,31)/b16-15-,27-22?,29-24?. The minimum atomic E-state index is -0.588. The molecule has 1 aromatic rings. The van der Waals surface area contributed by atoms with Crippen LogP contribution in [0.25, 0.3) is 6.08 Å². The number of aliphatic hydroxyl groups is 1. The van der Waals surface area contributed by atoms with Gasteiger partial charge in [-0.3, -0.25) is 9.79 Å². The largest absolute Gasteiger partial charge is 0.443 e. The van der Waals surface area contributed by atoms with E-state index in [1.165, 1.54) is 0 Å². The second-order valence-electron chi connectivity index (χ2n) is 7.32. The SMILES string of the molecule is CN=C(N=C(OC1=CC=C(Cl)CC1)/C(C)=C\c1ccc(Cl)cc1)C(C)C(=O)NCCCO. The molecule has 0 heterocycles. The molecule has 0 fully saturated rings. The molecule has 0 spiro atoms. The summed E-state index contributed by atoms with van der Waals surface area (Å²) >= 11 is 12.1. The Hall–Kier alpha value is -2.41. The number of hydrogen-bond donors (Lipinski definition) is 2. The lowest BCUT2D eigenvalue weighted by Gasteiger charge is -2.17. The van der Waals surface area contributed by atoms with Crippen LogP contribution in [-0.4, -0.2) is 42.9 Å². The highest BCUT2D eigenvalue weighted by Gasteiger charge is 2.21. The van der Waals surface area contributed by atoms with Crippen molar-refractivity contribution < 1.29 is 14.6 Å². The molecule has 2 rings (SSSR count). The first-order chi connectivity index (χ1) is 15.3. The number of rotatable bonds is 8. The van der Waals surface area contributed by atoms with Crippen LogP contribution in [0.5, 0.6) is 0 Å². The van der Waals surface area contributed by atoms with E-state index in [-0.39, 0.29) is 12.5 Å². The number of amides is 1. The molecule has 8 heteroatoms. The van der Waals surface area contributed by atoms with E-state index in [4.69, 9.17) is 33.0 Å². The van der Waals surface area contributed by atoms with Crippen molar-refractivity contribution in [2.45, 2.75) is 33.1 Å². The van der Waals surface area contributed by atoms with E-state index in [1.54, 1.807) is 14.0 Å². The van der Waals surface area contributed by atoms with Gasteiger partial charge in [-0.1, -0.05) is 35.3 Å². The highest BCUT2D eigenvalue weighted by molar-refractivity contribution is 6.30. The molecule has 0 aliphatic heterocycles. The molecule has 1 aliphatic carbocycles. The number of aliphatic imine (C=N–C) groups is 2. The first-order valence-electron chi connectivity index (χ1n) is 10.4. The van der Waals surface area contributed by atoms with Crippen LogP contribution in [0.4, 0.5) is 0 Å². The molecule has 1 atom stereocenters. The summed E-state index contributed by atoms with van der Waals surface area (Å²) in [6, 6.07) is 7.43. The van der Waals surface area contributed by atoms with Crippen LogP contribution >= 0.6 is 23.2 Å². The normalized spacial score (nSPS) is 16.2. The average Bonchev–Trinajstić information content (AvgIpc) is 2.79. The summed E-state index contributed by atoms with van der Waals surface area (Å²) in [5.74, 6) is 0.625. The average molecular weight is 478 g/mol. The Bertz CT molecular complexity index is 948.